The van der Waals surface area contributed by atoms with Crippen LogP contribution in [-0.2, 0) is 20.3 Å². The van der Waals surface area contributed by atoms with E-state index in [2.05, 4.69) is 9.97 Å². The van der Waals surface area contributed by atoms with Crippen molar-refractivity contribution in [1.82, 2.24) is 19.1 Å². The molecule has 0 aliphatic rings. The minimum absolute atomic E-state index is 0.198. The number of hydrogen-bond acceptors (Lipinski definition) is 5. The molecule has 7 nitrogen and oxygen atoms in total. The van der Waals surface area contributed by atoms with E-state index < -0.39 is 0 Å². The molecule has 3 aromatic heterocycles. The van der Waals surface area contributed by atoms with Crippen LogP contribution in [-0.4, -0.2) is 19.1 Å². The van der Waals surface area contributed by atoms with Gasteiger partial charge in [0.15, 0.2) is 0 Å². The van der Waals surface area contributed by atoms with E-state index in [9.17, 15) is 4.79 Å². The van der Waals surface area contributed by atoms with Crippen LogP contribution in [0.25, 0.3) is 27.6 Å². The van der Waals surface area contributed by atoms with E-state index in [-0.39, 0.29) is 5.69 Å². The Hall–Kier alpha value is -4.91. The Kier molecular flexibility index (Phi) is 5.86. The second-order valence-corrected chi connectivity index (χ2v) is 8.70. The molecule has 0 fully saturated rings. The molecule has 0 saturated heterocycles. The number of aryl methyl sites for hydroxylation is 1. The number of imidazole rings is 1. The summed E-state index contributed by atoms with van der Waals surface area (Å²) in [6.45, 7) is 0.674. The molecule has 0 unspecified atom stereocenters. The van der Waals surface area contributed by atoms with E-state index in [4.69, 9.17) is 9.47 Å². The summed E-state index contributed by atoms with van der Waals surface area (Å²) in [5.41, 5.74) is 4.74. The SMILES string of the molecule is Cn1c(=O)n(-c2ccc(OCc3ccccc3)nc2OCc2ccccc2)c2ccc3ncccc3c21. The number of pyridine rings is 2. The highest BCUT2D eigenvalue weighted by molar-refractivity contribution is 6.03. The van der Waals surface area contributed by atoms with E-state index in [0.29, 0.717) is 30.7 Å². The van der Waals surface area contributed by atoms with Gasteiger partial charge in [0.1, 0.15) is 18.9 Å². The van der Waals surface area contributed by atoms with Crippen LogP contribution >= 0.6 is 0 Å². The summed E-state index contributed by atoms with van der Waals surface area (Å²) in [6.07, 6.45) is 1.75. The first kappa shape index (κ1) is 22.5. The van der Waals surface area contributed by atoms with Gasteiger partial charge in [-0.25, -0.2) is 4.79 Å². The van der Waals surface area contributed by atoms with Crippen molar-refractivity contribution in [3.8, 4) is 17.4 Å². The Labute approximate surface area is 213 Å². The minimum atomic E-state index is -0.198. The van der Waals surface area contributed by atoms with E-state index in [0.717, 1.165) is 33.1 Å². The Morgan fingerprint density at radius 2 is 1.46 bits per heavy atom. The van der Waals surface area contributed by atoms with Crippen LogP contribution < -0.4 is 15.2 Å². The Balaban J connectivity index is 1.45. The standard InChI is InChI=1S/C30H24N4O3/c1-33-28-23-13-8-18-31-24(23)14-15-25(28)34(30(33)35)26-16-17-27(36-19-21-9-4-2-5-10-21)32-29(26)37-20-22-11-6-3-7-12-22/h2-18H,19-20H2,1H3. The third-order valence-corrected chi connectivity index (χ3v) is 6.29. The van der Waals surface area contributed by atoms with Gasteiger partial charge < -0.3 is 9.47 Å². The molecule has 3 heterocycles. The van der Waals surface area contributed by atoms with Crippen molar-refractivity contribution >= 4 is 21.9 Å². The summed E-state index contributed by atoms with van der Waals surface area (Å²) in [6, 6.07) is 31.0. The average molecular weight is 489 g/mol. The molecule has 6 rings (SSSR count). The fraction of sp³-hybridized carbons (Fsp3) is 0.100. The summed E-state index contributed by atoms with van der Waals surface area (Å²) in [5.74, 6) is 0.730. The third kappa shape index (κ3) is 4.31. The Bertz CT molecular complexity index is 1760. The first-order valence-electron chi connectivity index (χ1n) is 12.0. The van der Waals surface area contributed by atoms with Crippen LogP contribution in [0.5, 0.6) is 11.8 Å². The molecule has 0 saturated carbocycles. The molecule has 0 atom stereocenters. The number of benzene rings is 3. The highest BCUT2D eigenvalue weighted by atomic mass is 16.5. The molecule has 182 valence electrons. The fourth-order valence-electron chi connectivity index (χ4n) is 4.47. The van der Waals surface area contributed by atoms with Gasteiger partial charge in [0.2, 0.25) is 11.8 Å². The summed E-state index contributed by atoms with van der Waals surface area (Å²) in [4.78, 5) is 22.7. The maximum atomic E-state index is 13.5. The van der Waals surface area contributed by atoms with Crippen LogP contribution in [0.3, 0.4) is 0 Å². The number of aromatic nitrogens is 4. The zero-order chi connectivity index (χ0) is 25.2. The first-order chi connectivity index (χ1) is 18.2. The molecule has 0 radical (unpaired) electrons. The van der Waals surface area contributed by atoms with E-state index in [1.165, 1.54) is 0 Å². The van der Waals surface area contributed by atoms with Crippen molar-refractivity contribution in [2.45, 2.75) is 13.2 Å². The van der Waals surface area contributed by atoms with Crippen molar-refractivity contribution < 1.29 is 9.47 Å². The number of nitrogens with zero attached hydrogens (tertiary/aromatic N) is 4. The highest BCUT2D eigenvalue weighted by Crippen LogP contribution is 2.30. The fourth-order valence-corrected chi connectivity index (χ4v) is 4.47. The van der Waals surface area contributed by atoms with Crippen molar-refractivity contribution in [3.05, 3.63) is 125 Å². The van der Waals surface area contributed by atoms with Crippen molar-refractivity contribution in [2.24, 2.45) is 7.05 Å². The van der Waals surface area contributed by atoms with Crippen LogP contribution in [0.2, 0.25) is 0 Å². The van der Waals surface area contributed by atoms with Crippen molar-refractivity contribution in [2.75, 3.05) is 0 Å². The van der Waals surface area contributed by atoms with Gasteiger partial charge in [0.05, 0.1) is 16.6 Å². The quantitative estimate of drug-likeness (QED) is 0.300. The maximum absolute atomic E-state index is 13.5. The molecule has 0 spiro atoms. The smallest absolute Gasteiger partial charge is 0.333 e. The van der Waals surface area contributed by atoms with Crippen LogP contribution in [0.4, 0.5) is 0 Å². The van der Waals surface area contributed by atoms with Gasteiger partial charge in [0, 0.05) is 24.7 Å². The second kappa shape index (κ2) is 9.62. The molecule has 0 aliphatic carbocycles. The zero-order valence-corrected chi connectivity index (χ0v) is 20.2. The summed E-state index contributed by atoms with van der Waals surface area (Å²) < 4.78 is 15.4. The predicted octanol–water partition coefficient (Wildman–Crippen LogP) is 5.43. The van der Waals surface area contributed by atoms with Gasteiger partial charge in [-0.1, -0.05) is 60.7 Å². The third-order valence-electron chi connectivity index (χ3n) is 6.29. The normalized spacial score (nSPS) is 11.2. The van der Waals surface area contributed by atoms with E-state index in [1.54, 1.807) is 28.4 Å². The summed E-state index contributed by atoms with van der Waals surface area (Å²) in [7, 11) is 1.77. The average Bonchev–Trinajstić information content (AvgIpc) is 3.21. The number of fused-ring (bicyclic) bond motifs is 3. The molecule has 0 bridgehead atoms. The molecule has 0 aliphatic heterocycles. The lowest BCUT2D eigenvalue weighted by molar-refractivity contribution is 0.267. The predicted molar refractivity (Wildman–Crippen MR) is 143 cm³/mol. The molecule has 7 heteroatoms. The minimum Gasteiger partial charge on any atom is -0.473 e. The van der Waals surface area contributed by atoms with E-state index >= 15 is 0 Å². The van der Waals surface area contributed by atoms with Gasteiger partial charge in [-0.05, 0) is 41.5 Å². The molecule has 0 amide bonds. The van der Waals surface area contributed by atoms with E-state index in [1.807, 2.05) is 91.0 Å². The lowest BCUT2D eigenvalue weighted by Crippen LogP contribution is -2.21. The number of hydrogen-bond donors (Lipinski definition) is 0. The molecule has 6 aromatic rings. The van der Waals surface area contributed by atoms with Gasteiger partial charge >= 0.3 is 5.69 Å². The largest absolute Gasteiger partial charge is 0.473 e. The topological polar surface area (TPSA) is 71.2 Å². The number of rotatable bonds is 7. The summed E-state index contributed by atoms with van der Waals surface area (Å²) >= 11 is 0. The Morgan fingerprint density at radius 3 is 2.19 bits per heavy atom. The van der Waals surface area contributed by atoms with Gasteiger partial charge in [-0.2, -0.15) is 4.98 Å². The van der Waals surface area contributed by atoms with Gasteiger partial charge in [0.25, 0.3) is 0 Å². The van der Waals surface area contributed by atoms with Crippen LogP contribution in [0, 0.1) is 0 Å². The van der Waals surface area contributed by atoms with Crippen molar-refractivity contribution in [1.29, 1.82) is 0 Å². The highest BCUT2D eigenvalue weighted by Gasteiger charge is 2.20. The Morgan fingerprint density at radius 1 is 0.757 bits per heavy atom. The number of ether oxygens (including phenoxy) is 2. The lowest BCUT2D eigenvalue weighted by atomic mass is 10.2. The monoisotopic (exact) mass is 488 g/mol. The second-order valence-electron chi connectivity index (χ2n) is 8.70. The van der Waals surface area contributed by atoms with Crippen LogP contribution in [0.15, 0.2) is 108 Å². The van der Waals surface area contributed by atoms with Crippen LogP contribution in [0.1, 0.15) is 11.1 Å². The maximum Gasteiger partial charge on any atom is 0.333 e. The van der Waals surface area contributed by atoms with Gasteiger partial charge in [-0.15, -0.1) is 0 Å². The molecular weight excluding hydrogens is 464 g/mol. The molecular formula is C30H24N4O3. The zero-order valence-electron chi connectivity index (χ0n) is 20.2. The molecule has 3 aromatic carbocycles. The molecule has 37 heavy (non-hydrogen) atoms. The van der Waals surface area contributed by atoms with Gasteiger partial charge in [-0.3, -0.25) is 14.1 Å². The van der Waals surface area contributed by atoms with Crippen molar-refractivity contribution in [3.63, 3.8) is 0 Å². The summed E-state index contributed by atoms with van der Waals surface area (Å²) in [5, 5.41) is 0.904. The lowest BCUT2D eigenvalue weighted by Gasteiger charge is -2.14. The molecule has 0 N–H and O–H groups in total. The first-order valence-corrected chi connectivity index (χ1v) is 12.0.